The van der Waals surface area contributed by atoms with Gasteiger partial charge in [-0.15, -0.1) is 0 Å². The average Bonchev–Trinajstić information content (AvgIpc) is 2.40. The maximum absolute atomic E-state index is 11.8. The quantitative estimate of drug-likeness (QED) is 0.616. The van der Waals surface area contributed by atoms with E-state index in [0.717, 1.165) is 0 Å². The highest BCUT2D eigenvalue weighted by atomic mass is 16.6. The summed E-state index contributed by atoms with van der Waals surface area (Å²) in [5.41, 5.74) is -0.0482. The number of rotatable bonds is 6. The van der Waals surface area contributed by atoms with Crippen LogP contribution in [-0.4, -0.2) is 46.5 Å². The van der Waals surface area contributed by atoms with E-state index in [1.165, 1.54) is 29.2 Å². The standard InChI is InChI=1S/C13H14N2O6/c16-12(14-6-9(7-14)5-13(17)18)8-21-11-3-1-10(2-4-11)15(19)20/h1-4,9H,5-8H2,(H,17,18). The van der Waals surface area contributed by atoms with Crippen molar-refractivity contribution in [1.82, 2.24) is 4.90 Å². The minimum atomic E-state index is -0.866. The molecule has 1 fully saturated rings. The van der Waals surface area contributed by atoms with Crippen molar-refractivity contribution in [3.8, 4) is 5.75 Å². The number of carboxylic acids is 1. The van der Waals surface area contributed by atoms with Crippen LogP contribution in [0.5, 0.6) is 5.75 Å². The minimum absolute atomic E-state index is 0.00539. The number of benzene rings is 1. The number of nitrogens with zero attached hydrogens (tertiary/aromatic N) is 2. The third kappa shape index (κ3) is 3.91. The van der Waals surface area contributed by atoms with E-state index in [-0.39, 0.29) is 30.5 Å². The second kappa shape index (κ2) is 6.21. The van der Waals surface area contributed by atoms with Gasteiger partial charge in [-0.25, -0.2) is 0 Å². The number of carbonyl (C=O) groups is 2. The van der Waals surface area contributed by atoms with Crippen LogP contribution in [0.3, 0.4) is 0 Å². The van der Waals surface area contributed by atoms with Gasteiger partial charge in [-0.3, -0.25) is 19.7 Å². The number of carboxylic acid groups (broad SMARTS) is 1. The number of amides is 1. The van der Waals surface area contributed by atoms with Crippen molar-refractivity contribution in [2.75, 3.05) is 19.7 Å². The Balaban J connectivity index is 1.75. The number of nitro benzene ring substituents is 1. The van der Waals surface area contributed by atoms with Crippen molar-refractivity contribution in [3.05, 3.63) is 34.4 Å². The first kappa shape index (κ1) is 14.8. The molecule has 1 aliphatic rings. The van der Waals surface area contributed by atoms with Crippen LogP contribution in [0.2, 0.25) is 0 Å². The number of aliphatic carboxylic acids is 1. The molecule has 0 spiro atoms. The zero-order valence-electron chi connectivity index (χ0n) is 11.1. The molecule has 1 aliphatic heterocycles. The Morgan fingerprint density at radius 3 is 2.48 bits per heavy atom. The molecule has 1 N–H and O–H groups in total. The SMILES string of the molecule is O=C(O)CC1CN(C(=O)COc2ccc([N+](=O)[O-])cc2)C1. The summed E-state index contributed by atoms with van der Waals surface area (Å²) >= 11 is 0. The monoisotopic (exact) mass is 294 g/mol. The normalized spacial score (nSPS) is 14.4. The molecule has 1 amide bonds. The topological polar surface area (TPSA) is 110 Å². The van der Waals surface area contributed by atoms with Gasteiger partial charge < -0.3 is 14.7 Å². The van der Waals surface area contributed by atoms with Crippen LogP contribution in [0.1, 0.15) is 6.42 Å². The molecule has 2 rings (SSSR count). The lowest BCUT2D eigenvalue weighted by atomic mass is 9.96. The van der Waals surface area contributed by atoms with Crippen LogP contribution >= 0.6 is 0 Å². The molecule has 8 heteroatoms. The van der Waals surface area contributed by atoms with Gasteiger partial charge in [0.1, 0.15) is 5.75 Å². The summed E-state index contributed by atoms with van der Waals surface area (Å²) in [5.74, 6) is -0.716. The molecule has 112 valence electrons. The van der Waals surface area contributed by atoms with Crippen LogP contribution in [0.4, 0.5) is 5.69 Å². The van der Waals surface area contributed by atoms with Crippen LogP contribution in [0.25, 0.3) is 0 Å². The first-order chi connectivity index (χ1) is 9.95. The van der Waals surface area contributed by atoms with Gasteiger partial charge in [0.2, 0.25) is 0 Å². The predicted octanol–water partition coefficient (Wildman–Crippen LogP) is 0.907. The Bertz CT molecular complexity index is 550. The molecule has 0 bridgehead atoms. The van der Waals surface area contributed by atoms with Crippen molar-refractivity contribution in [3.63, 3.8) is 0 Å². The van der Waals surface area contributed by atoms with Gasteiger partial charge >= 0.3 is 5.97 Å². The van der Waals surface area contributed by atoms with Gasteiger partial charge in [0.25, 0.3) is 11.6 Å². The molecule has 1 aromatic carbocycles. The number of nitro groups is 1. The summed E-state index contributed by atoms with van der Waals surface area (Å²) in [4.78, 5) is 33.7. The van der Waals surface area contributed by atoms with E-state index in [0.29, 0.717) is 18.8 Å². The van der Waals surface area contributed by atoms with Gasteiger partial charge in [-0.1, -0.05) is 0 Å². The molecule has 0 unspecified atom stereocenters. The largest absolute Gasteiger partial charge is 0.484 e. The summed E-state index contributed by atoms with van der Waals surface area (Å²) < 4.78 is 5.25. The van der Waals surface area contributed by atoms with E-state index < -0.39 is 10.9 Å². The second-order valence-electron chi connectivity index (χ2n) is 4.80. The van der Waals surface area contributed by atoms with Crippen molar-refractivity contribution >= 4 is 17.6 Å². The summed E-state index contributed by atoms with van der Waals surface area (Å²) in [6, 6.07) is 5.45. The first-order valence-electron chi connectivity index (χ1n) is 6.32. The molecule has 0 atom stereocenters. The molecule has 0 saturated carbocycles. The van der Waals surface area contributed by atoms with Gasteiger partial charge in [0, 0.05) is 31.1 Å². The van der Waals surface area contributed by atoms with E-state index >= 15 is 0 Å². The summed E-state index contributed by atoms with van der Waals surface area (Å²) in [6.07, 6.45) is 0.0625. The van der Waals surface area contributed by atoms with Crippen molar-refractivity contribution in [1.29, 1.82) is 0 Å². The van der Waals surface area contributed by atoms with Crippen LogP contribution in [0, 0.1) is 16.0 Å². The van der Waals surface area contributed by atoms with Gasteiger partial charge in [-0.2, -0.15) is 0 Å². The fraction of sp³-hybridized carbons (Fsp3) is 0.385. The number of hydrogen-bond donors (Lipinski definition) is 1. The van der Waals surface area contributed by atoms with Gasteiger partial charge in [0.05, 0.1) is 11.3 Å². The Kier molecular flexibility index (Phi) is 4.36. The summed E-state index contributed by atoms with van der Waals surface area (Å²) in [6.45, 7) is 0.682. The number of hydrogen-bond acceptors (Lipinski definition) is 5. The summed E-state index contributed by atoms with van der Waals surface area (Å²) in [5, 5.41) is 19.1. The third-order valence-electron chi connectivity index (χ3n) is 3.18. The minimum Gasteiger partial charge on any atom is -0.484 e. The highest BCUT2D eigenvalue weighted by Crippen LogP contribution is 2.20. The summed E-state index contributed by atoms with van der Waals surface area (Å²) in [7, 11) is 0. The molecule has 1 aromatic rings. The lowest BCUT2D eigenvalue weighted by molar-refractivity contribution is -0.384. The maximum Gasteiger partial charge on any atom is 0.303 e. The van der Waals surface area contributed by atoms with Gasteiger partial charge in [-0.05, 0) is 12.1 Å². The molecule has 0 aromatic heterocycles. The zero-order chi connectivity index (χ0) is 15.4. The molecule has 8 nitrogen and oxygen atoms in total. The number of non-ortho nitro benzene ring substituents is 1. The molecule has 1 saturated heterocycles. The zero-order valence-corrected chi connectivity index (χ0v) is 11.1. The smallest absolute Gasteiger partial charge is 0.303 e. The highest BCUT2D eigenvalue weighted by Gasteiger charge is 2.32. The maximum atomic E-state index is 11.8. The molecule has 0 aliphatic carbocycles. The van der Waals surface area contributed by atoms with Crippen LogP contribution in [-0.2, 0) is 9.59 Å². The van der Waals surface area contributed by atoms with Gasteiger partial charge in [0.15, 0.2) is 6.61 Å². The molecule has 1 heterocycles. The number of carbonyl (C=O) groups excluding carboxylic acids is 1. The Labute approximate surface area is 120 Å². The molecular weight excluding hydrogens is 280 g/mol. The van der Waals surface area contributed by atoms with Crippen molar-refractivity contribution in [2.24, 2.45) is 5.92 Å². The lowest BCUT2D eigenvalue weighted by Gasteiger charge is -2.38. The third-order valence-corrected chi connectivity index (χ3v) is 3.18. The Morgan fingerprint density at radius 2 is 1.95 bits per heavy atom. The molecule has 21 heavy (non-hydrogen) atoms. The number of likely N-dealkylation sites (tertiary alicyclic amines) is 1. The predicted molar refractivity (Wildman–Crippen MR) is 70.9 cm³/mol. The fourth-order valence-corrected chi connectivity index (χ4v) is 2.05. The van der Waals surface area contributed by atoms with E-state index in [4.69, 9.17) is 9.84 Å². The van der Waals surface area contributed by atoms with E-state index in [9.17, 15) is 19.7 Å². The van der Waals surface area contributed by atoms with Crippen LogP contribution in [0.15, 0.2) is 24.3 Å². The first-order valence-corrected chi connectivity index (χ1v) is 6.32. The molecule has 0 radical (unpaired) electrons. The van der Waals surface area contributed by atoms with Crippen molar-refractivity contribution in [2.45, 2.75) is 6.42 Å². The molecular formula is C13H14N2O6. The second-order valence-corrected chi connectivity index (χ2v) is 4.80. The Hall–Kier alpha value is -2.64. The van der Waals surface area contributed by atoms with Crippen molar-refractivity contribution < 1.29 is 24.4 Å². The number of ether oxygens (including phenoxy) is 1. The van der Waals surface area contributed by atoms with E-state index in [2.05, 4.69) is 0 Å². The average molecular weight is 294 g/mol. The Morgan fingerprint density at radius 1 is 1.33 bits per heavy atom. The van der Waals surface area contributed by atoms with Crippen LogP contribution < -0.4 is 4.74 Å². The van der Waals surface area contributed by atoms with E-state index in [1.807, 2.05) is 0 Å². The lowest BCUT2D eigenvalue weighted by Crippen LogP contribution is -2.52. The highest BCUT2D eigenvalue weighted by molar-refractivity contribution is 5.79. The van der Waals surface area contributed by atoms with E-state index in [1.54, 1.807) is 0 Å². The fourth-order valence-electron chi connectivity index (χ4n) is 2.05.